The number of nitrogens with zero attached hydrogens (tertiary/aromatic N) is 2. The largest absolute Gasteiger partial charge is 0.503 e. The predicted molar refractivity (Wildman–Crippen MR) is 77.5 cm³/mol. The maximum Gasteiger partial charge on any atom is 0.223 e. The molecule has 1 aromatic rings. The van der Waals surface area contributed by atoms with Gasteiger partial charge in [0.05, 0.1) is 12.3 Å². The van der Waals surface area contributed by atoms with Gasteiger partial charge in [0.1, 0.15) is 0 Å². The highest BCUT2D eigenvalue weighted by Crippen LogP contribution is 2.24. The molecule has 1 aliphatic rings. The second-order valence-electron chi connectivity index (χ2n) is 6.15. The number of aromatic nitrogens is 1. The summed E-state index contributed by atoms with van der Waals surface area (Å²) >= 11 is 0. The van der Waals surface area contributed by atoms with Crippen molar-refractivity contribution < 1.29 is 10.2 Å². The molecular weight excluding hydrogens is 256 g/mol. The fourth-order valence-corrected chi connectivity index (χ4v) is 3.26. The summed E-state index contributed by atoms with van der Waals surface area (Å²) in [6.45, 7) is 6.74. The lowest BCUT2D eigenvalue weighted by Crippen LogP contribution is -2.39. The molecule has 0 saturated carbocycles. The molecule has 2 unspecified atom stereocenters. The quantitative estimate of drug-likeness (QED) is 0.869. The van der Waals surface area contributed by atoms with Crippen molar-refractivity contribution in [2.75, 3.05) is 13.1 Å². The van der Waals surface area contributed by atoms with E-state index in [1.54, 1.807) is 11.6 Å². The van der Waals surface area contributed by atoms with Gasteiger partial charge in [0, 0.05) is 38.4 Å². The molecule has 5 heteroatoms. The number of aliphatic hydroxyl groups is 1. The molecule has 2 rings (SSSR count). The van der Waals surface area contributed by atoms with Crippen molar-refractivity contribution in [2.24, 2.45) is 18.9 Å². The molecule has 1 aromatic heterocycles. The monoisotopic (exact) mass is 280 g/mol. The van der Waals surface area contributed by atoms with E-state index < -0.39 is 5.43 Å². The molecule has 0 bridgehead atoms. The minimum Gasteiger partial charge on any atom is -0.503 e. The molecular formula is C15H24N2O3. The summed E-state index contributed by atoms with van der Waals surface area (Å²) in [6, 6.07) is 1.29. The van der Waals surface area contributed by atoms with Gasteiger partial charge in [0.25, 0.3) is 0 Å². The normalized spacial score (nSPS) is 24.0. The van der Waals surface area contributed by atoms with Gasteiger partial charge in [-0.25, -0.2) is 0 Å². The second kappa shape index (κ2) is 5.97. The summed E-state index contributed by atoms with van der Waals surface area (Å²) < 4.78 is 1.72. The van der Waals surface area contributed by atoms with Crippen molar-refractivity contribution in [2.45, 2.75) is 33.4 Å². The van der Waals surface area contributed by atoms with Gasteiger partial charge in [-0.1, -0.05) is 13.8 Å². The summed E-state index contributed by atoms with van der Waals surface area (Å²) in [6.07, 6.45) is 1.22. The molecule has 20 heavy (non-hydrogen) atoms. The van der Waals surface area contributed by atoms with E-state index in [4.69, 9.17) is 0 Å². The van der Waals surface area contributed by atoms with Gasteiger partial charge in [-0.2, -0.15) is 0 Å². The summed E-state index contributed by atoms with van der Waals surface area (Å²) in [4.78, 5) is 14.0. The molecule has 0 radical (unpaired) electrons. The lowest BCUT2D eigenvalue weighted by atomic mass is 9.92. The van der Waals surface area contributed by atoms with Crippen LogP contribution < -0.4 is 5.43 Å². The summed E-state index contributed by atoms with van der Waals surface area (Å²) in [5.41, 5.74) is 0.698. The fourth-order valence-electron chi connectivity index (χ4n) is 3.26. The van der Waals surface area contributed by atoms with Crippen LogP contribution in [0.1, 0.15) is 31.7 Å². The molecule has 0 amide bonds. The molecule has 0 aliphatic carbocycles. The predicted octanol–water partition coefficient (Wildman–Crippen LogP) is 1.06. The third-order valence-electron chi connectivity index (χ3n) is 4.12. The lowest BCUT2D eigenvalue weighted by molar-refractivity contribution is 0.130. The van der Waals surface area contributed by atoms with Crippen LogP contribution in [-0.2, 0) is 20.2 Å². The van der Waals surface area contributed by atoms with E-state index in [1.165, 1.54) is 12.5 Å². The van der Waals surface area contributed by atoms with Gasteiger partial charge in [-0.05, 0) is 18.3 Å². The Labute approximate surface area is 119 Å². The molecule has 112 valence electrons. The molecule has 1 saturated heterocycles. The first-order valence-electron chi connectivity index (χ1n) is 7.16. The summed E-state index contributed by atoms with van der Waals surface area (Å²) in [5, 5.41) is 19.3. The number of aliphatic hydroxyl groups excluding tert-OH is 1. The standard InChI is InChI=1S/C15H24N2O3/c1-10-4-11(2)7-17(6-10)8-13-15(20)14(19)5-12(9-18)16(13)3/h5,10-11,18,20H,4,6-9H2,1-3H3. The summed E-state index contributed by atoms with van der Waals surface area (Å²) in [7, 11) is 1.77. The van der Waals surface area contributed by atoms with Crippen LogP contribution in [0.2, 0.25) is 0 Å². The number of hydrogen-bond donors (Lipinski definition) is 2. The minimum absolute atomic E-state index is 0.199. The highest BCUT2D eigenvalue weighted by Gasteiger charge is 2.24. The molecule has 5 nitrogen and oxygen atoms in total. The Hall–Kier alpha value is -1.33. The van der Waals surface area contributed by atoms with Gasteiger partial charge in [-0.15, -0.1) is 0 Å². The minimum atomic E-state index is -0.416. The Kier molecular flexibility index (Phi) is 4.50. The van der Waals surface area contributed by atoms with Gasteiger partial charge in [0.2, 0.25) is 5.43 Å². The Morgan fingerprint density at radius 2 is 1.90 bits per heavy atom. The average Bonchev–Trinajstić information content (AvgIpc) is 2.38. The first kappa shape index (κ1) is 15.1. The molecule has 1 fully saturated rings. The molecule has 0 spiro atoms. The van der Waals surface area contributed by atoms with Crippen molar-refractivity contribution in [3.63, 3.8) is 0 Å². The Bertz CT molecular complexity index is 529. The van der Waals surface area contributed by atoms with Crippen LogP contribution in [0.15, 0.2) is 10.9 Å². The topological polar surface area (TPSA) is 65.7 Å². The van der Waals surface area contributed by atoms with Crippen LogP contribution in [0.3, 0.4) is 0 Å². The van der Waals surface area contributed by atoms with Crippen LogP contribution in [0.25, 0.3) is 0 Å². The van der Waals surface area contributed by atoms with Gasteiger partial charge in [0.15, 0.2) is 5.75 Å². The second-order valence-corrected chi connectivity index (χ2v) is 6.15. The number of aromatic hydroxyl groups is 1. The van der Waals surface area contributed by atoms with Crippen molar-refractivity contribution in [3.8, 4) is 5.75 Å². The third-order valence-corrected chi connectivity index (χ3v) is 4.12. The third kappa shape index (κ3) is 3.04. The van der Waals surface area contributed by atoms with Crippen LogP contribution >= 0.6 is 0 Å². The van der Waals surface area contributed by atoms with Gasteiger partial charge < -0.3 is 14.8 Å². The zero-order valence-electron chi connectivity index (χ0n) is 12.5. The van der Waals surface area contributed by atoms with Crippen LogP contribution in [-0.4, -0.2) is 32.8 Å². The fraction of sp³-hybridized carbons (Fsp3) is 0.667. The molecule has 1 aliphatic heterocycles. The molecule has 2 N–H and O–H groups in total. The maximum atomic E-state index is 11.7. The zero-order chi connectivity index (χ0) is 14.9. The number of pyridine rings is 1. The highest BCUT2D eigenvalue weighted by atomic mass is 16.3. The Balaban J connectivity index is 2.29. The smallest absolute Gasteiger partial charge is 0.223 e. The van der Waals surface area contributed by atoms with E-state index >= 15 is 0 Å². The SMILES string of the molecule is CC1CC(C)CN(Cc2c(O)c(=O)cc(CO)n2C)C1. The van der Waals surface area contributed by atoms with E-state index in [0.717, 1.165) is 13.1 Å². The van der Waals surface area contributed by atoms with E-state index in [-0.39, 0.29) is 12.4 Å². The first-order chi connectivity index (χ1) is 9.42. The van der Waals surface area contributed by atoms with Gasteiger partial charge in [-0.3, -0.25) is 9.69 Å². The van der Waals surface area contributed by atoms with Crippen molar-refractivity contribution in [3.05, 3.63) is 27.7 Å². The highest BCUT2D eigenvalue weighted by molar-refractivity contribution is 5.29. The van der Waals surface area contributed by atoms with Crippen molar-refractivity contribution >= 4 is 0 Å². The van der Waals surface area contributed by atoms with Crippen LogP contribution in [0.5, 0.6) is 5.75 Å². The zero-order valence-corrected chi connectivity index (χ0v) is 12.5. The average molecular weight is 280 g/mol. The Morgan fingerprint density at radius 1 is 1.30 bits per heavy atom. The number of piperidine rings is 1. The van der Waals surface area contributed by atoms with E-state index in [1.807, 2.05) is 0 Å². The van der Waals surface area contributed by atoms with Crippen molar-refractivity contribution in [1.29, 1.82) is 0 Å². The number of rotatable bonds is 3. The molecule has 2 heterocycles. The molecule has 2 atom stereocenters. The maximum absolute atomic E-state index is 11.7. The van der Waals surface area contributed by atoms with E-state index in [2.05, 4.69) is 18.7 Å². The van der Waals surface area contributed by atoms with Crippen molar-refractivity contribution in [1.82, 2.24) is 9.47 Å². The van der Waals surface area contributed by atoms with Gasteiger partial charge >= 0.3 is 0 Å². The van der Waals surface area contributed by atoms with Crippen LogP contribution in [0.4, 0.5) is 0 Å². The Morgan fingerprint density at radius 3 is 2.45 bits per heavy atom. The van der Waals surface area contributed by atoms with E-state index in [9.17, 15) is 15.0 Å². The first-order valence-corrected chi connectivity index (χ1v) is 7.16. The number of hydrogen-bond acceptors (Lipinski definition) is 4. The lowest BCUT2D eigenvalue weighted by Gasteiger charge is -2.35. The molecule has 0 aromatic carbocycles. The van der Waals surface area contributed by atoms with Crippen LogP contribution in [0, 0.1) is 11.8 Å². The van der Waals surface area contributed by atoms with E-state index in [0.29, 0.717) is 29.8 Å². The number of likely N-dealkylation sites (tertiary alicyclic amines) is 1. The summed E-state index contributed by atoms with van der Waals surface area (Å²) in [5.74, 6) is 1.05.